The van der Waals surface area contributed by atoms with Gasteiger partial charge in [-0.3, -0.25) is 10.1 Å². The highest BCUT2D eigenvalue weighted by atomic mass is 32.2. The van der Waals surface area contributed by atoms with Crippen molar-refractivity contribution in [2.75, 3.05) is 18.4 Å². The summed E-state index contributed by atoms with van der Waals surface area (Å²) in [6.45, 7) is 2.97. The Morgan fingerprint density at radius 3 is 2.69 bits per heavy atom. The highest BCUT2D eigenvalue weighted by molar-refractivity contribution is 7.89. The van der Waals surface area contributed by atoms with Gasteiger partial charge in [0, 0.05) is 18.5 Å². The molecule has 0 bridgehead atoms. The van der Waals surface area contributed by atoms with Crippen molar-refractivity contribution in [3.05, 3.63) is 34.3 Å². The molecule has 0 radical (unpaired) electrons. The van der Waals surface area contributed by atoms with Crippen LogP contribution < -0.4 is 5.32 Å². The number of fused-ring (bicyclic) bond motifs is 1. The van der Waals surface area contributed by atoms with Crippen molar-refractivity contribution in [2.24, 2.45) is 0 Å². The van der Waals surface area contributed by atoms with Crippen molar-refractivity contribution in [3.63, 3.8) is 0 Å². The van der Waals surface area contributed by atoms with Gasteiger partial charge in [0.1, 0.15) is 5.69 Å². The number of benzene rings is 1. The van der Waals surface area contributed by atoms with E-state index >= 15 is 0 Å². The molecule has 0 saturated carbocycles. The molecule has 0 aliphatic carbocycles. The molecule has 2 aromatic heterocycles. The van der Waals surface area contributed by atoms with Crippen LogP contribution in [0.4, 0.5) is 5.13 Å². The number of amides is 1. The van der Waals surface area contributed by atoms with Gasteiger partial charge in [-0.25, -0.2) is 18.4 Å². The van der Waals surface area contributed by atoms with E-state index < -0.39 is 10.0 Å². The second-order valence-electron chi connectivity index (χ2n) is 5.97. The van der Waals surface area contributed by atoms with Crippen LogP contribution in [-0.2, 0) is 10.0 Å². The number of hydrogen-bond acceptors (Lipinski definition) is 7. The van der Waals surface area contributed by atoms with Crippen molar-refractivity contribution >= 4 is 54.0 Å². The summed E-state index contributed by atoms with van der Waals surface area (Å²) in [4.78, 5) is 21.0. The van der Waals surface area contributed by atoms with Crippen molar-refractivity contribution in [2.45, 2.75) is 24.7 Å². The summed E-state index contributed by atoms with van der Waals surface area (Å²) >= 11 is 2.65. The minimum atomic E-state index is -3.47. The molecule has 1 aliphatic rings. The molecular weight excluding hydrogens is 392 g/mol. The predicted octanol–water partition coefficient (Wildman–Crippen LogP) is 3.10. The molecule has 0 unspecified atom stereocenters. The summed E-state index contributed by atoms with van der Waals surface area (Å²) in [7, 11) is -3.47. The lowest BCUT2D eigenvalue weighted by molar-refractivity contribution is 0.102. The normalized spacial score (nSPS) is 15.6. The fraction of sp³-hybridized carbons (Fsp3) is 0.312. The smallest absolute Gasteiger partial charge is 0.276 e. The molecule has 0 atom stereocenters. The molecule has 136 valence electrons. The van der Waals surface area contributed by atoms with Crippen molar-refractivity contribution < 1.29 is 13.2 Å². The molecule has 1 saturated heterocycles. The van der Waals surface area contributed by atoms with Crippen LogP contribution in [-0.4, -0.2) is 41.7 Å². The zero-order valence-corrected chi connectivity index (χ0v) is 16.4. The maximum atomic E-state index is 12.7. The first-order valence-electron chi connectivity index (χ1n) is 8.08. The first-order chi connectivity index (χ1) is 12.4. The highest BCUT2D eigenvalue weighted by Crippen LogP contribution is 2.30. The van der Waals surface area contributed by atoms with E-state index in [1.807, 2.05) is 6.92 Å². The van der Waals surface area contributed by atoms with Gasteiger partial charge in [-0.2, -0.15) is 4.31 Å². The Labute approximate surface area is 158 Å². The van der Waals surface area contributed by atoms with E-state index in [1.165, 1.54) is 27.0 Å². The molecule has 10 heteroatoms. The highest BCUT2D eigenvalue weighted by Gasteiger charge is 2.27. The van der Waals surface area contributed by atoms with Crippen LogP contribution >= 0.6 is 22.7 Å². The SMILES string of the molecule is Cc1nc(C(=O)Nc2nc3ccc(S(=O)(=O)N4CCCC4)cc3s2)cs1. The van der Waals surface area contributed by atoms with Crippen molar-refractivity contribution in [1.29, 1.82) is 0 Å². The largest absolute Gasteiger partial charge is 0.296 e. The Morgan fingerprint density at radius 2 is 2.00 bits per heavy atom. The summed E-state index contributed by atoms with van der Waals surface area (Å²) in [5, 5.41) is 5.66. The topological polar surface area (TPSA) is 92.3 Å². The number of thiazole rings is 2. The zero-order chi connectivity index (χ0) is 18.3. The van der Waals surface area contributed by atoms with Crippen LogP contribution in [0.15, 0.2) is 28.5 Å². The minimum absolute atomic E-state index is 0.267. The Balaban J connectivity index is 1.60. The maximum Gasteiger partial charge on any atom is 0.276 e. The standard InChI is InChI=1S/C16H16N4O3S3/c1-10-17-13(9-24-10)15(21)19-16-18-12-5-4-11(8-14(12)25-16)26(22,23)20-6-2-3-7-20/h4-5,8-9H,2-3,6-7H2,1H3,(H,18,19,21). The second-order valence-corrected chi connectivity index (χ2v) is 10.00. The van der Waals surface area contributed by atoms with Gasteiger partial charge in [0.05, 0.1) is 20.1 Å². The van der Waals surface area contributed by atoms with Gasteiger partial charge in [-0.15, -0.1) is 11.3 Å². The van der Waals surface area contributed by atoms with Gasteiger partial charge in [0.25, 0.3) is 5.91 Å². The van der Waals surface area contributed by atoms with Crippen molar-refractivity contribution in [1.82, 2.24) is 14.3 Å². The van der Waals surface area contributed by atoms with E-state index in [2.05, 4.69) is 15.3 Å². The second kappa shape index (κ2) is 6.69. The lowest BCUT2D eigenvalue weighted by atomic mass is 10.3. The number of nitrogens with one attached hydrogen (secondary N) is 1. The first-order valence-corrected chi connectivity index (χ1v) is 11.2. The number of hydrogen-bond donors (Lipinski definition) is 1. The number of aryl methyl sites for hydroxylation is 1. The van der Waals surface area contributed by atoms with Gasteiger partial charge in [-0.05, 0) is 38.0 Å². The fourth-order valence-corrected chi connectivity index (χ4v) is 5.94. The van der Waals surface area contributed by atoms with Crippen LogP contribution in [0.5, 0.6) is 0 Å². The van der Waals surface area contributed by atoms with Gasteiger partial charge in [0.15, 0.2) is 5.13 Å². The van der Waals surface area contributed by atoms with Crippen LogP contribution in [0.1, 0.15) is 28.3 Å². The quantitative estimate of drug-likeness (QED) is 0.716. The molecule has 7 nitrogen and oxygen atoms in total. The van der Waals surface area contributed by atoms with Crippen LogP contribution in [0, 0.1) is 6.92 Å². The monoisotopic (exact) mass is 408 g/mol. The number of nitrogens with zero attached hydrogens (tertiary/aromatic N) is 3. The minimum Gasteiger partial charge on any atom is -0.296 e. The van der Waals surface area contributed by atoms with Gasteiger partial charge >= 0.3 is 0 Å². The Hall–Kier alpha value is -1.88. The number of carbonyl (C=O) groups excluding carboxylic acids is 1. The van der Waals surface area contributed by atoms with Crippen LogP contribution in [0.25, 0.3) is 10.2 Å². The molecule has 3 heterocycles. The van der Waals surface area contributed by atoms with E-state index in [4.69, 9.17) is 0 Å². The van der Waals surface area contributed by atoms with Crippen LogP contribution in [0.2, 0.25) is 0 Å². The number of anilines is 1. The summed E-state index contributed by atoms with van der Waals surface area (Å²) in [5.74, 6) is -0.321. The van der Waals surface area contributed by atoms with E-state index in [1.54, 1.807) is 23.6 Å². The van der Waals surface area contributed by atoms with Gasteiger partial charge in [-0.1, -0.05) is 11.3 Å². The molecule has 26 heavy (non-hydrogen) atoms. The molecule has 4 rings (SSSR count). The lowest BCUT2D eigenvalue weighted by Gasteiger charge is -2.15. The molecule has 3 aromatic rings. The summed E-state index contributed by atoms with van der Waals surface area (Å²) in [6, 6.07) is 4.88. The third-order valence-corrected chi connectivity index (χ3v) is 7.74. The number of rotatable bonds is 4. The number of sulfonamides is 1. The van der Waals surface area contributed by atoms with Crippen molar-refractivity contribution in [3.8, 4) is 0 Å². The summed E-state index contributed by atoms with van der Waals surface area (Å²) in [5.41, 5.74) is 1.00. The summed E-state index contributed by atoms with van der Waals surface area (Å²) in [6.07, 6.45) is 1.79. The van der Waals surface area contributed by atoms with Gasteiger partial charge < -0.3 is 0 Å². The molecule has 1 aliphatic heterocycles. The number of carbonyl (C=O) groups is 1. The average molecular weight is 409 g/mol. The predicted molar refractivity (Wildman–Crippen MR) is 102 cm³/mol. The number of aromatic nitrogens is 2. The lowest BCUT2D eigenvalue weighted by Crippen LogP contribution is -2.27. The third-order valence-electron chi connectivity index (χ3n) is 4.13. The third kappa shape index (κ3) is 3.25. The van der Waals surface area contributed by atoms with Crippen LogP contribution in [0.3, 0.4) is 0 Å². The summed E-state index contributed by atoms with van der Waals surface area (Å²) < 4.78 is 27.6. The Bertz CT molecular complexity index is 1080. The molecule has 0 spiro atoms. The zero-order valence-electron chi connectivity index (χ0n) is 13.9. The molecular formula is C16H16N4O3S3. The van der Waals surface area contributed by atoms with E-state index in [9.17, 15) is 13.2 Å². The molecule has 1 fully saturated rings. The molecule has 1 N–H and O–H groups in total. The van der Waals surface area contributed by atoms with E-state index in [0.29, 0.717) is 29.4 Å². The maximum absolute atomic E-state index is 12.7. The van der Waals surface area contributed by atoms with E-state index in [0.717, 1.165) is 22.5 Å². The Kier molecular flexibility index (Phi) is 4.51. The fourth-order valence-electron chi connectivity index (χ4n) is 2.83. The van der Waals surface area contributed by atoms with E-state index in [-0.39, 0.29) is 10.8 Å². The Morgan fingerprint density at radius 1 is 1.23 bits per heavy atom. The first kappa shape index (κ1) is 17.5. The molecule has 1 amide bonds. The average Bonchev–Trinajstić information content (AvgIpc) is 3.34. The molecule has 1 aromatic carbocycles. The van der Waals surface area contributed by atoms with Gasteiger partial charge in [0.2, 0.25) is 10.0 Å².